The molecular weight excluding hydrogens is 230 g/mol. The van der Waals surface area contributed by atoms with Gasteiger partial charge in [0.1, 0.15) is 0 Å². The first-order valence-corrected chi connectivity index (χ1v) is 6.38. The monoisotopic (exact) mass is 243 g/mol. The fraction of sp³-hybridized carbons (Fsp3) is 0.364. The fourth-order valence-corrected chi connectivity index (χ4v) is 1.87. The van der Waals surface area contributed by atoms with Gasteiger partial charge in [-0.3, -0.25) is 4.79 Å². The van der Waals surface area contributed by atoms with Crippen LogP contribution in [0.2, 0.25) is 5.02 Å². The van der Waals surface area contributed by atoms with Gasteiger partial charge in [-0.25, -0.2) is 0 Å². The first-order valence-electron chi connectivity index (χ1n) is 4.61. The number of halogens is 1. The zero-order valence-corrected chi connectivity index (χ0v) is 10.4. The Labute approximate surface area is 99.6 Å². The molecule has 0 heterocycles. The first-order chi connectivity index (χ1) is 7.15. The summed E-state index contributed by atoms with van der Waals surface area (Å²) in [4.78, 5) is 13.2. The lowest BCUT2D eigenvalue weighted by Gasteiger charge is -2.17. The van der Waals surface area contributed by atoms with E-state index in [4.69, 9.17) is 11.6 Å². The van der Waals surface area contributed by atoms with Crippen LogP contribution in [-0.2, 0) is 11.3 Å². The molecule has 0 aromatic heterocycles. The third-order valence-electron chi connectivity index (χ3n) is 2.06. The molecule has 4 heteroatoms. The van der Waals surface area contributed by atoms with Crippen LogP contribution in [0.5, 0.6) is 0 Å². The third kappa shape index (κ3) is 3.76. The number of carbonyl (C=O) groups is 1. The molecule has 2 nitrogen and oxygen atoms in total. The molecule has 0 N–H and O–H groups in total. The van der Waals surface area contributed by atoms with Crippen molar-refractivity contribution in [3.05, 3.63) is 34.9 Å². The van der Waals surface area contributed by atoms with Gasteiger partial charge in [0.15, 0.2) is 0 Å². The van der Waals surface area contributed by atoms with Crippen molar-refractivity contribution in [3.8, 4) is 0 Å². The average Bonchev–Trinajstić information content (AvgIpc) is 2.21. The summed E-state index contributed by atoms with van der Waals surface area (Å²) in [6.07, 6.45) is 1.92. The Morgan fingerprint density at radius 3 is 2.73 bits per heavy atom. The van der Waals surface area contributed by atoms with E-state index in [9.17, 15) is 4.79 Å². The minimum atomic E-state index is 0.127. The molecule has 0 aliphatic rings. The second-order valence-corrected chi connectivity index (χ2v) is 4.55. The maximum absolute atomic E-state index is 11.5. The summed E-state index contributed by atoms with van der Waals surface area (Å²) in [7, 11) is 1.79. The molecule has 1 rings (SSSR count). The largest absolute Gasteiger partial charge is 0.341 e. The standard InChI is InChI=1S/C11H14ClNOS/c1-13(11(14)8-15-2)7-9-5-3-4-6-10(9)12/h3-6H,7-8H2,1-2H3. The van der Waals surface area contributed by atoms with Gasteiger partial charge in [0.2, 0.25) is 5.91 Å². The Bertz CT molecular complexity index is 343. The molecule has 1 aromatic carbocycles. The maximum atomic E-state index is 11.5. The molecule has 0 saturated heterocycles. The number of amides is 1. The Balaban J connectivity index is 2.62. The highest BCUT2D eigenvalue weighted by Crippen LogP contribution is 2.16. The van der Waals surface area contributed by atoms with Gasteiger partial charge in [0.05, 0.1) is 5.75 Å². The molecule has 15 heavy (non-hydrogen) atoms. The highest BCUT2D eigenvalue weighted by atomic mass is 35.5. The van der Waals surface area contributed by atoms with E-state index in [-0.39, 0.29) is 5.91 Å². The van der Waals surface area contributed by atoms with Crippen LogP contribution in [-0.4, -0.2) is 29.9 Å². The Kier molecular flexibility index (Phi) is 4.99. The van der Waals surface area contributed by atoms with Crippen molar-refractivity contribution in [3.63, 3.8) is 0 Å². The molecule has 1 aromatic rings. The normalized spacial score (nSPS) is 10.1. The minimum Gasteiger partial charge on any atom is -0.341 e. The summed E-state index contributed by atoms with van der Waals surface area (Å²) >= 11 is 7.54. The molecule has 0 fully saturated rings. The van der Waals surface area contributed by atoms with Gasteiger partial charge in [-0.05, 0) is 17.9 Å². The topological polar surface area (TPSA) is 20.3 Å². The van der Waals surface area contributed by atoms with Crippen LogP contribution < -0.4 is 0 Å². The molecule has 0 atom stereocenters. The number of rotatable bonds is 4. The zero-order chi connectivity index (χ0) is 11.3. The van der Waals surface area contributed by atoms with Crippen LogP contribution in [0.15, 0.2) is 24.3 Å². The number of benzene rings is 1. The summed E-state index contributed by atoms with van der Waals surface area (Å²) in [6, 6.07) is 7.58. The molecule has 0 aliphatic heterocycles. The van der Waals surface area contributed by atoms with Crippen LogP contribution in [0.25, 0.3) is 0 Å². The Morgan fingerprint density at radius 2 is 2.13 bits per heavy atom. The SMILES string of the molecule is CSCC(=O)N(C)Cc1ccccc1Cl. The van der Waals surface area contributed by atoms with Gasteiger partial charge in [-0.1, -0.05) is 29.8 Å². The summed E-state index contributed by atoms with van der Waals surface area (Å²) in [6.45, 7) is 0.569. The van der Waals surface area contributed by atoms with Crippen molar-refractivity contribution in [2.75, 3.05) is 19.1 Å². The Morgan fingerprint density at radius 1 is 1.47 bits per heavy atom. The van der Waals surface area contributed by atoms with E-state index < -0.39 is 0 Å². The third-order valence-corrected chi connectivity index (χ3v) is 2.96. The van der Waals surface area contributed by atoms with Crippen molar-refractivity contribution in [1.29, 1.82) is 0 Å². The molecule has 1 amide bonds. The lowest BCUT2D eigenvalue weighted by Crippen LogP contribution is -2.27. The first kappa shape index (κ1) is 12.4. The molecule has 0 radical (unpaired) electrons. The van der Waals surface area contributed by atoms with E-state index in [0.29, 0.717) is 17.3 Å². The van der Waals surface area contributed by atoms with E-state index in [1.807, 2.05) is 30.5 Å². The van der Waals surface area contributed by atoms with Crippen molar-refractivity contribution >= 4 is 29.3 Å². The fourth-order valence-electron chi connectivity index (χ4n) is 1.20. The van der Waals surface area contributed by atoms with Gasteiger partial charge in [-0.15, -0.1) is 0 Å². The van der Waals surface area contributed by atoms with Gasteiger partial charge in [0.25, 0.3) is 0 Å². The number of hydrogen-bond donors (Lipinski definition) is 0. The number of thioether (sulfide) groups is 1. The number of hydrogen-bond acceptors (Lipinski definition) is 2. The van der Waals surface area contributed by atoms with Crippen molar-refractivity contribution in [2.24, 2.45) is 0 Å². The van der Waals surface area contributed by atoms with E-state index in [2.05, 4.69) is 0 Å². The lowest BCUT2D eigenvalue weighted by molar-refractivity contribution is -0.127. The van der Waals surface area contributed by atoms with Crippen molar-refractivity contribution in [2.45, 2.75) is 6.54 Å². The molecule has 0 saturated carbocycles. The van der Waals surface area contributed by atoms with Gasteiger partial charge >= 0.3 is 0 Å². The predicted octanol–water partition coefficient (Wildman–Crippen LogP) is 2.66. The molecule has 0 unspecified atom stereocenters. The smallest absolute Gasteiger partial charge is 0.232 e. The van der Waals surface area contributed by atoms with E-state index in [0.717, 1.165) is 5.56 Å². The molecular formula is C11H14ClNOS. The van der Waals surface area contributed by atoms with Crippen molar-refractivity contribution < 1.29 is 4.79 Å². The molecule has 0 bridgehead atoms. The zero-order valence-electron chi connectivity index (χ0n) is 8.87. The highest BCUT2D eigenvalue weighted by Gasteiger charge is 2.09. The van der Waals surface area contributed by atoms with E-state index >= 15 is 0 Å². The molecule has 0 aliphatic carbocycles. The number of carbonyl (C=O) groups excluding carboxylic acids is 1. The van der Waals surface area contributed by atoms with Crippen molar-refractivity contribution in [1.82, 2.24) is 4.90 Å². The lowest BCUT2D eigenvalue weighted by atomic mass is 10.2. The Hall–Kier alpha value is -0.670. The predicted molar refractivity (Wildman–Crippen MR) is 66.3 cm³/mol. The maximum Gasteiger partial charge on any atom is 0.232 e. The average molecular weight is 244 g/mol. The summed E-state index contributed by atoms with van der Waals surface area (Å²) < 4.78 is 0. The van der Waals surface area contributed by atoms with Gasteiger partial charge in [0, 0.05) is 18.6 Å². The van der Waals surface area contributed by atoms with Crippen LogP contribution in [0.3, 0.4) is 0 Å². The number of nitrogens with zero attached hydrogens (tertiary/aromatic N) is 1. The second-order valence-electron chi connectivity index (χ2n) is 3.27. The van der Waals surface area contributed by atoms with Crippen LogP contribution in [0.1, 0.15) is 5.56 Å². The highest BCUT2D eigenvalue weighted by molar-refractivity contribution is 7.99. The van der Waals surface area contributed by atoms with E-state index in [1.165, 1.54) is 11.8 Å². The van der Waals surface area contributed by atoms with Crippen LogP contribution in [0.4, 0.5) is 0 Å². The molecule has 82 valence electrons. The van der Waals surface area contributed by atoms with Gasteiger partial charge < -0.3 is 4.90 Å². The summed E-state index contributed by atoms with van der Waals surface area (Å²) in [5.41, 5.74) is 0.983. The summed E-state index contributed by atoms with van der Waals surface area (Å²) in [5.74, 6) is 0.642. The second kappa shape index (κ2) is 6.03. The summed E-state index contributed by atoms with van der Waals surface area (Å²) in [5, 5.41) is 0.710. The quantitative estimate of drug-likeness (QED) is 0.811. The van der Waals surface area contributed by atoms with Crippen LogP contribution in [0, 0.1) is 0 Å². The van der Waals surface area contributed by atoms with E-state index in [1.54, 1.807) is 11.9 Å². The minimum absolute atomic E-state index is 0.127. The molecule has 0 spiro atoms. The van der Waals surface area contributed by atoms with Gasteiger partial charge in [-0.2, -0.15) is 11.8 Å². The van der Waals surface area contributed by atoms with Crippen LogP contribution >= 0.6 is 23.4 Å².